The molecule has 25 heavy (non-hydrogen) atoms. The van der Waals surface area contributed by atoms with Crippen molar-refractivity contribution < 1.29 is 9.53 Å². The zero-order valence-corrected chi connectivity index (χ0v) is 15.5. The molecule has 0 bridgehead atoms. The number of hydrogen-bond donors (Lipinski definition) is 1. The van der Waals surface area contributed by atoms with Gasteiger partial charge < -0.3 is 10.1 Å². The van der Waals surface area contributed by atoms with Crippen molar-refractivity contribution in [2.24, 2.45) is 0 Å². The lowest BCUT2D eigenvalue weighted by atomic mass is 10.0. The summed E-state index contributed by atoms with van der Waals surface area (Å²) in [6.07, 6.45) is 0.748. The van der Waals surface area contributed by atoms with Gasteiger partial charge in [-0.3, -0.25) is 9.69 Å². The summed E-state index contributed by atoms with van der Waals surface area (Å²) in [5, 5.41) is 8.25. The minimum atomic E-state index is -0.479. The van der Waals surface area contributed by atoms with Gasteiger partial charge in [0.15, 0.2) is 5.11 Å². The third-order valence-corrected chi connectivity index (χ3v) is 4.73. The highest BCUT2D eigenvalue weighted by atomic mass is 32.1. The van der Waals surface area contributed by atoms with Crippen LogP contribution < -0.4 is 5.32 Å². The van der Waals surface area contributed by atoms with E-state index in [0.717, 1.165) is 29.1 Å². The van der Waals surface area contributed by atoms with Crippen molar-refractivity contribution in [3.05, 3.63) is 47.3 Å². The first-order valence-corrected chi connectivity index (χ1v) is 8.67. The second kappa shape index (κ2) is 7.33. The van der Waals surface area contributed by atoms with E-state index in [1.807, 2.05) is 48.9 Å². The van der Waals surface area contributed by atoms with Gasteiger partial charge in [-0.05, 0) is 44.6 Å². The summed E-state index contributed by atoms with van der Waals surface area (Å²) in [6, 6.07) is 9.42. The molecule has 0 spiro atoms. The van der Waals surface area contributed by atoms with Gasteiger partial charge in [-0.2, -0.15) is 5.10 Å². The lowest BCUT2D eigenvalue weighted by molar-refractivity contribution is -0.127. The van der Waals surface area contributed by atoms with E-state index in [4.69, 9.17) is 17.0 Å². The Kier molecular flexibility index (Phi) is 5.15. The maximum atomic E-state index is 12.9. The molecular weight excluding hydrogens is 336 g/mol. The zero-order valence-electron chi connectivity index (χ0n) is 14.7. The molecule has 1 N–H and O–H groups in total. The molecule has 0 saturated carbocycles. The number of aromatic nitrogens is 2. The molecule has 2 heterocycles. The average Bonchev–Trinajstić information content (AvgIpc) is 3.05. The summed E-state index contributed by atoms with van der Waals surface area (Å²) >= 11 is 5.36. The molecule has 1 fully saturated rings. The predicted molar refractivity (Wildman–Crippen MR) is 99.7 cm³/mol. The molecule has 0 aliphatic carbocycles. The normalized spacial score (nSPS) is 17.2. The van der Waals surface area contributed by atoms with Gasteiger partial charge in [-0.25, -0.2) is 4.68 Å². The van der Waals surface area contributed by atoms with E-state index in [0.29, 0.717) is 18.3 Å². The molecule has 1 aliphatic heterocycles. The third kappa shape index (κ3) is 3.29. The van der Waals surface area contributed by atoms with Gasteiger partial charge >= 0.3 is 0 Å². The number of ether oxygens (including phenoxy) is 1. The van der Waals surface area contributed by atoms with Gasteiger partial charge in [0, 0.05) is 31.5 Å². The van der Waals surface area contributed by atoms with Gasteiger partial charge in [0.25, 0.3) is 5.91 Å². The van der Waals surface area contributed by atoms with Crippen LogP contribution in [0.2, 0.25) is 0 Å². The van der Waals surface area contributed by atoms with Crippen LogP contribution in [0, 0.1) is 13.8 Å². The summed E-state index contributed by atoms with van der Waals surface area (Å²) in [5.74, 6) is -0.0279. The number of hydrogen-bond acceptors (Lipinski definition) is 4. The first kappa shape index (κ1) is 17.6. The number of rotatable bonds is 6. The Labute approximate surface area is 152 Å². The minimum absolute atomic E-state index is 0.0279. The van der Waals surface area contributed by atoms with E-state index in [1.54, 1.807) is 12.0 Å². The molecule has 1 amide bonds. The van der Waals surface area contributed by atoms with E-state index < -0.39 is 6.04 Å². The summed E-state index contributed by atoms with van der Waals surface area (Å²) in [7, 11) is 1.65. The van der Waals surface area contributed by atoms with Crippen LogP contribution in [0.4, 0.5) is 0 Å². The Morgan fingerprint density at radius 1 is 1.28 bits per heavy atom. The number of para-hydroxylation sites is 1. The van der Waals surface area contributed by atoms with Crippen molar-refractivity contribution in [3.63, 3.8) is 0 Å². The van der Waals surface area contributed by atoms with Crippen molar-refractivity contribution in [2.45, 2.75) is 26.3 Å². The van der Waals surface area contributed by atoms with Gasteiger partial charge in [0.1, 0.15) is 6.04 Å². The number of amides is 1. The van der Waals surface area contributed by atoms with Gasteiger partial charge in [0.05, 0.1) is 11.4 Å². The number of nitrogens with one attached hydrogen (secondary N) is 1. The fourth-order valence-electron chi connectivity index (χ4n) is 3.19. The number of aryl methyl sites for hydroxylation is 1. The summed E-state index contributed by atoms with van der Waals surface area (Å²) < 4.78 is 6.93. The Bertz CT molecular complexity index is 788. The maximum Gasteiger partial charge on any atom is 0.256 e. The highest BCUT2D eigenvalue weighted by Crippen LogP contribution is 2.29. The standard InChI is InChI=1S/C18H22N4O2S/c1-12-15(13(2)22(20-12)14-8-5-4-6-9-14)16-17(23)21(18(25)19-16)10-7-11-24-3/h4-6,8-9,16H,7,10-11H2,1-3H3,(H,19,25)/t16-/m0/s1. The van der Waals surface area contributed by atoms with Crippen LogP contribution in [0.15, 0.2) is 30.3 Å². The van der Waals surface area contributed by atoms with Gasteiger partial charge in [0.2, 0.25) is 0 Å². The van der Waals surface area contributed by atoms with Crippen LogP contribution in [0.5, 0.6) is 0 Å². The highest BCUT2D eigenvalue weighted by Gasteiger charge is 2.39. The van der Waals surface area contributed by atoms with Crippen molar-refractivity contribution in [1.82, 2.24) is 20.0 Å². The Hall–Kier alpha value is -2.25. The summed E-state index contributed by atoms with van der Waals surface area (Å²) in [6.45, 7) is 5.06. The molecule has 6 nitrogen and oxygen atoms in total. The van der Waals surface area contributed by atoms with Crippen LogP contribution >= 0.6 is 12.2 Å². The van der Waals surface area contributed by atoms with E-state index >= 15 is 0 Å². The van der Waals surface area contributed by atoms with Crippen LogP contribution in [0.25, 0.3) is 5.69 Å². The molecule has 1 aromatic heterocycles. The number of methoxy groups -OCH3 is 1. The lowest BCUT2D eigenvalue weighted by Crippen LogP contribution is -2.32. The van der Waals surface area contributed by atoms with Gasteiger partial charge in [-0.1, -0.05) is 18.2 Å². The van der Waals surface area contributed by atoms with Crippen molar-refractivity contribution >= 4 is 23.2 Å². The second-order valence-electron chi connectivity index (χ2n) is 6.05. The molecule has 132 valence electrons. The third-order valence-electron chi connectivity index (χ3n) is 4.39. The summed E-state index contributed by atoms with van der Waals surface area (Å²) in [5.41, 5.74) is 3.63. The number of carbonyl (C=O) groups is 1. The van der Waals surface area contributed by atoms with E-state index in [2.05, 4.69) is 10.4 Å². The van der Waals surface area contributed by atoms with E-state index in [1.165, 1.54) is 0 Å². The molecular formula is C18H22N4O2S. The predicted octanol–water partition coefficient (Wildman–Crippen LogP) is 2.28. The average molecular weight is 358 g/mol. The van der Waals surface area contributed by atoms with Crippen LogP contribution in [0.3, 0.4) is 0 Å². The van der Waals surface area contributed by atoms with Crippen LogP contribution in [-0.4, -0.2) is 46.0 Å². The molecule has 0 unspecified atom stereocenters. The maximum absolute atomic E-state index is 12.9. The quantitative estimate of drug-likeness (QED) is 0.634. The van der Waals surface area contributed by atoms with Crippen molar-refractivity contribution in [1.29, 1.82) is 0 Å². The minimum Gasteiger partial charge on any atom is -0.385 e. The second-order valence-corrected chi connectivity index (χ2v) is 6.44. The van der Waals surface area contributed by atoms with E-state index in [-0.39, 0.29) is 5.91 Å². The molecule has 0 radical (unpaired) electrons. The SMILES string of the molecule is COCCCN1C(=O)[C@H](c2c(C)nn(-c3ccccc3)c2C)NC1=S. The van der Waals surface area contributed by atoms with Gasteiger partial charge in [-0.15, -0.1) is 0 Å². The molecule has 2 aromatic rings. The zero-order chi connectivity index (χ0) is 18.0. The highest BCUT2D eigenvalue weighted by molar-refractivity contribution is 7.80. The Morgan fingerprint density at radius 2 is 2.00 bits per heavy atom. The first-order chi connectivity index (χ1) is 12.0. The topological polar surface area (TPSA) is 59.4 Å². The smallest absolute Gasteiger partial charge is 0.256 e. The molecule has 1 aromatic carbocycles. The van der Waals surface area contributed by atoms with Crippen molar-refractivity contribution in [3.8, 4) is 5.69 Å². The van der Waals surface area contributed by atoms with Crippen LogP contribution in [0.1, 0.15) is 29.4 Å². The van der Waals surface area contributed by atoms with Crippen LogP contribution in [-0.2, 0) is 9.53 Å². The van der Waals surface area contributed by atoms with E-state index in [9.17, 15) is 4.79 Å². The number of thiocarbonyl (C=S) groups is 1. The lowest BCUT2D eigenvalue weighted by Gasteiger charge is -2.14. The Morgan fingerprint density at radius 3 is 2.68 bits per heavy atom. The summed E-state index contributed by atoms with van der Waals surface area (Å²) in [4.78, 5) is 14.5. The first-order valence-electron chi connectivity index (χ1n) is 8.27. The fraction of sp³-hybridized carbons (Fsp3) is 0.389. The molecule has 1 saturated heterocycles. The number of benzene rings is 1. The molecule has 3 rings (SSSR count). The monoisotopic (exact) mass is 358 g/mol. The fourth-order valence-corrected chi connectivity index (χ4v) is 3.49. The Balaban J connectivity index is 1.89. The number of carbonyl (C=O) groups excluding carboxylic acids is 1. The number of nitrogens with zero attached hydrogens (tertiary/aromatic N) is 3. The largest absolute Gasteiger partial charge is 0.385 e. The molecule has 7 heteroatoms. The molecule has 1 aliphatic rings. The molecule has 1 atom stereocenters. The van der Waals surface area contributed by atoms with Crippen molar-refractivity contribution in [2.75, 3.05) is 20.3 Å².